The summed E-state index contributed by atoms with van der Waals surface area (Å²) in [7, 11) is 0. The molecule has 2 aromatic rings. The lowest BCUT2D eigenvalue weighted by Gasteiger charge is -2.05. The minimum atomic E-state index is -0.778. The summed E-state index contributed by atoms with van der Waals surface area (Å²) >= 11 is 0. The van der Waals surface area contributed by atoms with Gasteiger partial charge >= 0.3 is 5.97 Å². The maximum atomic E-state index is 10.5. The third kappa shape index (κ3) is 3.66. The summed E-state index contributed by atoms with van der Waals surface area (Å²) in [5, 5.41) is 17.8. The van der Waals surface area contributed by atoms with Crippen molar-refractivity contribution in [1.82, 2.24) is 0 Å². The van der Waals surface area contributed by atoms with E-state index in [1.54, 1.807) is 0 Å². The third-order valence-corrected chi connectivity index (χ3v) is 3.02. The van der Waals surface area contributed by atoms with Crippen LogP contribution in [0.3, 0.4) is 0 Å². The van der Waals surface area contributed by atoms with Gasteiger partial charge in [0.15, 0.2) is 0 Å². The van der Waals surface area contributed by atoms with Crippen molar-refractivity contribution in [3.8, 4) is 11.1 Å². The van der Waals surface area contributed by atoms with Crippen molar-refractivity contribution >= 4 is 5.97 Å². The largest absolute Gasteiger partial charge is 0.481 e. The third-order valence-electron chi connectivity index (χ3n) is 3.02. The van der Waals surface area contributed by atoms with Gasteiger partial charge in [-0.15, -0.1) is 0 Å². The molecule has 3 nitrogen and oxygen atoms in total. The second-order valence-corrected chi connectivity index (χ2v) is 4.45. The number of carboxylic acid groups (broad SMARTS) is 1. The van der Waals surface area contributed by atoms with Crippen LogP contribution in [0.5, 0.6) is 0 Å². The van der Waals surface area contributed by atoms with Crippen molar-refractivity contribution in [3.05, 3.63) is 59.7 Å². The summed E-state index contributed by atoms with van der Waals surface area (Å²) in [5.74, 6) is -0.778. The van der Waals surface area contributed by atoms with E-state index >= 15 is 0 Å². The Labute approximate surface area is 112 Å². The lowest BCUT2D eigenvalue weighted by atomic mass is 10.0. The Morgan fingerprint density at radius 2 is 1.68 bits per heavy atom. The number of aliphatic hydroxyl groups excluding tert-OH is 1. The average Bonchev–Trinajstić information content (AvgIpc) is 2.45. The standard InChI is InChI=1S/C16H16O3/c17-11-13-2-1-3-15(10-13)14-7-4-12(5-8-14)6-9-16(18)19/h1-5,7-8,10,17H,6,9,11H2,(H,18,19). The van der Waals surface area contributed by atoms with E-state index in [-0.39, 0.29) is 13.0 Å². The van der Waals surface area contributed by atoms with Gasteiger partial charge < -0.3 is 10.2 Å². The highest BCUT2D eigenvalue weighted by atomic mass is 16.4. The lowest BCUT2D eigenvalue weighted by Crippen LogP contribution is -1.97. The zero-order chi connectivity index (χ0) is 13.7. The highest BCUT2D eigenvalue weighted by molar-refractivity contribution is 5.67. The fourth-order valence-electron chi connectivity index (χ4n) is 1.96. The van der Waals surface area contributed by atoms with Gasteiger partial charge in [-0.3, -0.25) is 4.79 Å². The Kier molecular flexibility index (Phi) is 4.31. The van der Waals surface area contributed by atoms with Crippen molar-refractivity contribution in [1.29, 1.82) is 0 Å². The number of hydrogen-bond acceptors (Lipinski definition) is 2. The van der Waals surface area contributed by atoms with Gasteiger partial charge in [-0.1, -0.05) is 42.5 Å². The Balaban J connectivity index is 2.15. The SMILES string of the molecule is O=C(O)CCc1ccc(-c2cccc(CO)c2)cc1. The number of aryl methyl sites for hydroxylation is 1. The van der Waals surface area contributed by atoms with Crippen LogP contribution in [0.25, 0.3) is 11.1 Å². The molecule has 0 saturated carbocycles. The molecule has 0 fully saturated rings. The maximum Gasteiger partial charge on any atom is 0.303 e. The van der Waals surface area contributed by atoms with Crippen LogP contribution in [0, 0.1) is 0 Å². The van der Waals surface area contributed by atoms with Crippen molar-refractivity contribution in [3.63, 3.8) is 0 Å². The van der Waals surface area contributed by atoms with Crippen LogP contribution < -0.4 is 0 Å². The van der Waals surface area contributed by atoms with Crippen molar-refractivity contribution in [2.75, 3.05) is 0 Å². The minimum Gasteiger partial charge on any atom is -0.481 e. The Morgan fingerprint density at radius 1 is 0.947 bits per heavy atom. The van der Waals surface area contributed by atoms with E-state index in [0.29, 0.717) is 6.42 Å². The molecular formula is C16H16O3. The van der Waals surface area contributed by atoms with E-state index in [1.807, 2.05) is 48.5 Å². The fourth-order valence-corrected chi connectivity index (χ4v) is 1.96. The van der Waals surface area contributed by atoms with Crippen LogP contribution in [0.4, 0.5) is 0 Å². The molecule has 3 heteroatoms. The first-order valence-corrected chi connectivity index (χ1v) is 6.20. The fraction of sp³-hybridized carbons (Fsp3) is 0.188. The van der Waals surface area contributed by atoms with Gasteiger partial charge in [-0.05, 0) is 34.7 Å². The molecule has 98 valence electrons. The van der Waals surface area contributed by atoms with Crippen LogP contribution in [0.15, 0.2) is 48.5 Å². The molecule has 0 amide bonds. The molecule has 19 heavy (non-hydrogen) atoms. The molecule has 2 rings (SSSR count). The van der Waals surface area contributed by atoms with Gasteiger partial charge in [-0.25, -0.2) is 0 Å². The van der Waals surface area contributed by atoms with E-state index in [9.17, 15) is 4.79 Å². The summed E-state index contributed by atoms with van der Waals surface area (Å²) in [6, 6.07) is 15.6. The normalized spacial score (nSPS) is 10.4. The van der Waals surface area contributed by atoms with Crippen molar-refractivity contribution in [2.24, 2.45) is 0 Å². The van der Waals surface area contributed by atoms with Crippen molar-refractivity contribution < 1.29 is 15.0 Å². The number of benzene rings is 2. The van der Waals surface area contributed by atoms with Gasteiger partial charge in [0.25, 0.3) is 0 Å². The molecule has 0 unspecified atom stereocenters. The Morgan fingerprint density at radius 3 is 2.32 bits per heavy atom. The molecule has 0 atom stereocenters. The van der Waals surface area contributed by atoms with Crippen LogP contribution in [0.1, 0.15) is 17.5 Å². The number of rotatable bonds is 5. The molecule has 0 aliphatic carbocycles. The topological polar surface area (TPSA) is 57.5 Å². The lowest BCUT2D eigenvalue weighted by molar-refractivity contribution is -0.136. The van der Waals surface area contributed by atoms with Crippen molar-refractivity contribution in [2.45, 2.75) is 19.4 Å². The van der Waals surface area contributed by atoms with E-state index in [4.69, 9.17) is 10.2 Å². The Hall–Kier alpha value is -2.13. The quantitative estimate of drug-likeness (QED) is 0.864. The number of aliphatic carboxylic acids is 1. The van der Waals surface area contributed by atoms with E-state index in [0.717, 1.165) is 22.3 Å². The number of hydrogen-bond donors (Lipinski definition) is 2. The summed E-state index contributed by atoms with van der Waals surface area (Å²) in [6.45, 7) is 0.0323. The van der Waals surface area contributed by atoms with Crippen LogP contribution >= 0.6 is 0 Å². The predicted octanol–water partition coefficient (Wildman–Crippen LogP) is 2.86. The highest BCUT2D eigenvalue weighted by Crippen LogP contribution is 2.21. The first-order valence-electron chi connectivity index (χ1n) is 6.20. The van der Waals surface area contributed by atoms with E-state index < -0.39 is 5.97 Å². The molecule has 0 bridgehead atoms. The summed E-state index contributed by atoms with van der Waals surface area (Å²) in [4.78, 5) is 10.5. The zero-order valence-corrected chi connectivity index (χ0v) is 10.5. The molecule has 2 N–H and O–H groups in total. The van der Waals surface area contributed by atoms with Crippen LogP contribution in [-0.2, 0) is 17.8 Å². The molecule has 0 heterocycles. The van der Waals surface area contributed by atoms with Crippen LogP contribution in [0.2, 0.25) is 0 Å². The molecular weight excluding hydrogens is 240 g/mol. The smallest absolute Gasteiger partial charge is 0.303 e. The molecule has 0 aliphatic rings. The van der Waals surface area contributed by atoms with E-state index in [1.165, 1.54) is 0 Å². The maximum absolute atomic E-state index is 10.5. The molecule has 0 aliphatic heterocycles. The van der Waals surface area contributed by atoms with Gasteiger partial charge in [-0.2, -0.15) is 0 Å². The molecule has 0 spiro atoms. The zero-order valence-electron chi connectivity index (χ0n) is 10.5. The summed E-state index contributed by atoms with van der Waals surface area (Å²) in [6.07, 6.45) is 0.700. The van der Waals surface area contributed by atoms with Gasteiger partial charge in [0.05, 0.1) is 6.61 Å². The number of carboxylic acids is 1. The van der Waals surface area contributed by atoms with Crippen LogP contribution in [-0.4, -0.2) is 16.2 Å². The van der Waals surface area contributed by atoms with Gasteiger partial charge in [0.2, 0.25) is 0 Å². The molecule has 0 saturated heterocycles. The molecule has 0 aromatic heterocycles. The predicted molar refractivity (Wildman–Crippen MR) is 73.8 cm³/mol. The minimum absolute atomic E-state index is 0.0323. The van der Waals surface area contributed by atoms with E-state index in [2.05, 4.69) is 0 Å². The highest BCUT2D eigenvalue weighted by Gasteiger charge is 2.01. The van der Waals surface area contributed by atoms with Gasteiger partial charge in [0.1, 0.15) is 0 Å². The average molecular weight is 256 g/mol. The first-order chi connectivity index (χ1) is 9.19. The number of carbonyl (C=O) groups is 1. The molecule has 0 radical (unpaired) electrons. The molecule has 2 aromatic carbocycles. The van der Waals surface area contributed by atoms with Gasteiger partial charge in [0, 0.05) is 6.42 Å². The first kappa shape index (κ1) is 13.3. The summed E-state index contributed by atoms with van der Waals surface area (Å²) in [5.41, 5.74) is 4.02. The monoisotopic (exact) mass is 256 g/mol. The summed E-state index contributed by atoms with van der Waals surface area (Å²) < 4.78 is 0. The second-order valence-electron chi connectivity index (χ2n) is 4.45. The number of aliphatic hydroxyl groups is 1. The Bertz CT molecular complexity index is 558. The second kappa shape index (κ2) is 6.16.